The molecule has 2 nitrogen and oxygen atoms in total. The molecule has 2 aromatic rings. The van der Waals surface area contributed by atoms with Crippen molar-refractivity contribution in [1.29, 1.82) is 0 Å². The van der Waals surface area contributed by atoms with Gasteiger partial charge in [0, 0.05) is 6.54 Å². The molecule has 2 aromatic carbocycles. The number of nitrogens with zero attached hydrogens (tertiary/aromatic N) is 1. The molecule has 0 aromatic heterocycles. The van der Waals surface area contributed by atoms with Crippen LogP contribution in [0.2, 0.25) is 0 Å². The molecule has 1 aliphatic carbocycles. The first-order valence-electron chi connectivity index (χ1n) is 8.68. The lowest BCUT2D eigenvalue weighted by molar-refractivity contribution is 0.112. The van der Waals surface area contributed by atoms with Crippen molar-refractivity contribution in [2.24, 2.45) is 0 Å². The molecule has 0 unspecified atom stereocenters. The molecule has 2 heteroatoms. The Bertz CT molecular complexity index is 643. The van der Waals surface area contributed by atoms with Crippen molar-refractivity contribution < 1.29 is 5.11 Å². The lowest BCUT2D eigenvalue weighted by Crippen LogP contribution is -2.30. The van der Waals surface area contributed by atoms with Gasteiger partial charge in [-0.2, -0.15) is 0 Å². The maximum atomic E-state index is 10.8. The van der Waals surface area contributed by atoms with Gasteiger partial charge in [0.2, 0.25) is 0 Å². The number of aryl methyl sites for hydroxylation is 2. The summed E-state index contributed by atoms with van der Waals surface area (Å²) in [5.41, 5.74) is 3.98. The van der Waals surface area contributed by atoms with Crippen LogP contribution in [-0.4, -0.2) is 29.6 Å². The SMILES string of the molecule is CCCN(CCC)C[C@H](O)c1ccc2cccc3c2c1CC3. The highest BCUT2D eigenvalue weighted by atomic mass is 16.3. The minimum Gasteiger partial charge on any atom is -0.387 e. The predicted octanol–water partition coefficient (Wildman–Crippen LogP) is 4.09. The van der Waals surface area contributed by atoms with Gasteiger partial charge in [0.1, 0.15) is 0 Å². The highest BCUT2D eigenvalue weighted by Gasteiger charge is 2.22. The maximum absolute atomic E-state index is 10.8. The number of aliphatic hydroxyl groups is 1. The van der Waals surface area contributed by atoms with E-state index in [0.29, 0.717) is 0 Å². The van der Waals surface area contributed by atoms with E-state index >= 15 is 0 Å². The quantitative estimate of drug-likeness (QED) is 0.832. The molecule has 0 amide bonds. The second-order valence-corrected chi connectivity index (χ2v) is 6.46. The summed E-state index contributed by atoms with van der Waals surface area (Å²) >= 11 is 0. The van der Waals surface area contributed by atoms with Gasteiger partial charge in [-0.05, 0) is 66.2 Å². The molecule has 0 heterocycles. The van der Waals surface area contributed by atoms with Gasteiger partial charge in [-0.1, -0.05) is 44.2 Å². The highest BCUT2D eigenvalue weighted by Crippen LogP contribution is 2.35. The maximum Gasteiger partial charge on any atom is 0.0919 e. The molecule has 118 valence electrons. The van der Waals surface area contributed by atoms with Crippen LogP contribution in [0.4, 0.5) is 0 Å². The normalized spacial score (nSPS) is 14.9. The van der Waals surface area contributed by atoms with E-state index in [0.717, 1.165) is 50.9 Å². The number of rotatable bonds is 7. The zero-order chi connectivity index (χ0) is 15.5. The molecule has 1 N–H and O–H groups in total. The number of hydrogen-bond acceptors (Lipinski definition) is 2. The third-order valence-electron chi connectivity index (χ3n) is 4.79. The van der Waals surface area contributed by atoms with Crippen LogP contribution in [0.15, 0.2) is 30.3 Å². The summed E-state index contributed by atoms with van der Waals surface area (Å²) in [5.74, 6) is 0. The molecule has 3 rings (SSSR count). The van der Waals surface area contributed by atoms with Crippen molar-refractivity contribution >= 4 is 10.8 Å². The molecule has 0 saturated carbocycles. The van der Waals surface area contributed by atoms with Crippen LogP contribution in [0.1, 0.15) is 49.5 Å². The number of aliphatic hydroxyl groups excluding tert-OH is 1. The third-order valence-corrected chi connectivity index (χ3v) is 4.79. The van der Waals surface area contributed by atoms with Crippen LogP contribution in [0.3, 0.4) is 0 Å². The summed E-state index contributed by atoms with van der Waals surface area (Å²) < 4.78 is 0. The monoisotopic (exact) mass is 297 g/mol. The van der Waals surface area contributed by atoms with Crippen molar-refractivity contribution in [3.8, 4) is 0 Å². The van der Waals surface area contributed by atoms with Crippen LogP contribution in [0.25, 0.3) is 10.8 Å². The van der Waals surface area contributed by atoms with E-state index in [1.54, 1.807) is 0 Å². The Labute approximate surface area is 133 Å². The molecular weight excluding hydrogens is 270 g/mol. The summed E-state index contributed by atoms with van der Waals surface area (Å²) in [6.45, 7) is 7.30. The minimum absolute atomic E-state index is 0.372. The number of hydrogen-bond donors (Lipinski definition) is 1. The largest absolute Gasteiger partial charge is 0.387 e. The first kappa shape index (κ1) is 15.5. The first-order chi connectivity index (χ1) is 10.7. The Balaban J connectivity index is 1.88. The summed E-state index contributed by atoms with van der Waals surface area (Å²) in [5, 5.41) is 13.5. The van der Waals surface area contributed by atoms with E-state index in [1.807, 2.05) is 0 Å². The van der Waals surface area contributed by atoms with Gasteiger partial charge in [-0.25, -0.2) is 0 Å². The Morgan fingerprint density at radius 2 is 1.82 bits per heavy atom. The van der Waals surface area contributed by atoms with Gasteiger partial charge >= 0.3 is 0 Å². The van der Waals surface area contributed by atoms with Crippen LogP contribution >= 0.6 is 0 Å². The fraction of sp³-hybridized carbons (Fsp3) is 0.500. The van der Waals surface area contributed by atoms with Gasteiger partial charge in [0.25, 0.3) is 0 Å². The van der Waals surface area contributed by atoms with Crippen LogP contribution in [0.5, 0.6) is 0 Å². The molecule has 22 heavy (non-hydrogen) atoms. The zero-order valence-electron chi connectivity index (χ0n) is 13.8. The summed E-state index contributed by atoms with van der Waals surface area (Å²) in [7, 11) is 0. The van der Waals surface area contributed by atoms with Gasteiger partial charge in [-0.15, -0.1) is 0 Å². The van der Waals surface area contributed by atoms with Gasteiger partial charge in [0.05, 0.1) is 6.10 Å². The van der Waals surface area contributed by atoms with Crippen molar-refractivity contribution in [3.05, 3.63) is 47.0 Å². The van der Waals surface area contributed by atoms with Crippen molar-refractivity contribution in [2.75, 3.05) is 19.6 Å². The summed E-state index contributed by atoms with van der Waals surface area (Å²) in [4.78, 5) is 2.39. The van der Waals surface area contributed by atoms with Gasteiger partial charge in [-0.3, -0.25) is 0 Å². The Hall–Kier alpha value is -1.38. The lowest BCUT2D eigenvalue weighted by Gasteiger charge is -2.25. The van der Waals surface area contributed by atoms with E-state index in [9.17, 15) is 5.11 Å². The molecule has 0 aliphatic heterocycles. The van der Waals surface area contributed by atoms with E-state index < -0.39 is 0 Å². The average molecular weight is 297 g/mol. The lowest BCUT2D eigenvalue weighted by atomic mass is 9.96. The highest BCUT2D eigenvalue weighted by molar-refractivity contribution is 5.91. The Morgan fingerprint density at radius 3 is 2.55 bits per heavy atom. The second-order valence-electron chi connectivity index (χ2n) is 6.46. The van der Waals surface area contributed by atoms with Crippen LogP contribution in [-0.2, 0) is 12.8 Å². The van der Waals surface area contributed by atoms with E-state index in [1.165, 1.54) is 21.9 Å². The first-order valence-corrected chi connectivity index (χ1v) is 8.68. The third kappa shape index (κ3) is 2.90. The molecular formula is C20H27NO. The molecule has 0 radical (unpaired) electrons. The van der Waals surface area contributed by atoms with Crippen molar-refractivity contribution in [2.45, 2.75) is 45.6 Å². The van der Waals surface area contributed by atoms with Gasteiger partial charge < -0.3 is 10.0 Å². The predicted molar refractivity (Wildman–Crippen MR) is 93.3 cm³/mol. The van der Waals surface area contributed by atoms with Crippen LogP contribution in [0, 0.1) is 0 Å². The smallest absolute Gasteiger partial charge is 0.0919 e. The fourth-order valence-corrected chi connectivity index (χ4v) is 3.87. The van der Waals surface area contributed by atoms with Crippen molar-refractivity contribution in [3.63, 3.8) is 0 Å². The Kier molecular flexibility index (Phi) is 4.80. The zero-order valence-corrected chi connectivity index (χ0v) is 13.8. The molecule has 0 fully saturated rings. The fourth-order valence-electron chi connectivity index (χ4n) is 3.87. The van der Waals surface area contributed by atoms with E-state index in [2.05, 4.69) is 49.1 Å². The molecule has 1 atom stereocenters. The molecule has 0 bridgehead atoms. The summed E-state index contributed by atoms with van der Waals surface area (Å²) in [6, 6.07) is 10.9. The minimum atomic E-state index is -0.372. The topological polar surface area (TPSA) is 23.5 Å². The molecule has 0 spiro atoms. The molecule has 0 saturated heterocycles. The second kappa shape index (κ2) is 6.80. The van der Waals surface area contributed by atoms with E-state index in [4.69, 9.17) is 0 Å². The van der Waals surface area contributed by atoms with Crippen molar-refractivity contribution in [1.82, 2.24) is 4.90 Å². The Morgan fingerprint density at radius 1 is 1.05 bits per heavy atom. The van der Waals surface area contributed by atoms with Crippen LogP contribution < -0.4 is 0 Å². The standard InChI is InChI=1S/C20H27NO/c1-3-12-21(13-4-2)14-19(22)17-10-8-15-6-5-7-16-9-11-18(17)20(15)16/h5-8,10,19,22H,3-4,9,11-14H2,1-2H3/t19-/m0/s1. The number of benzene rings is 2. The molecule has 1 aliphatic rings. The average Bonchev–Trinajstić information content (AvgIpc) is 2.94. The summed E-state index contributed by atoms with van der Waals surface area (Å²) in [6.07, 6.45) is 4.10. The van der Waals surface area contributed by atoms with E-state index in [-0.39, 0.29) is 6.10 Å². The van der Waals surface area contributed by atoms with Gasteiger partial charge in [0.15, 0.2) is 0 Å².